The molecule has 3 N–H and O–H groups in total. The van der Waals surface area contributed by atoms with E-state index in [9.17, 15) is 0 Å². The number of aryl methyl sites for hydroxylation is 1. The standard InChI is InChI=1S/C22H31N2O3.ClH/c25-17-3-1-2-12-23-13-10-21(11-14-23)5-4-20-6-8-22(9-7-20)24(15-18-26)16-19-27;/h4-11,13-14,25-27H,1-3,12,15-19H2;1H/q+1;/p-1. The summed E-state index contributed by atoms with van der Waals surface area (Å²) in [7, 11) is 0. The van der Waals surface area contributed by atoms with Crippen LogP contribution in [0.15, 0.2) is 48.8 Å². The first-order valence-corrected chi connectivity index (χ1v) is 9.61. The Morgan fingerprint density at radius 3 is 1.82 bits per heavy atom. The molecule has 2 aromatic rings. The Bertz CT molecular complexity index is 669. The maximum Gasteiger partial charge on any atom is 0.169 e. The van der Waals surface area contributed by atoms with Crippen molar-refractivity contribution in [3.05, 3.63) is 59.9 Å². The maximum absolute atomic E-state index is 9.13. The number of benzene rings is 1. The summed E-state index contributed by atoms with van der Waals surface area (Å²) < 4.78 is 2.17. The predicted molar refractivity (Wildman–Crippen MR) is 109 cm³/mol. The van der Waals surface area contributed by atoms with E-state index in [1.54, 1.807) is 0 Å². The molecule has 0 saturated heterocycles. The molecule has 0 amide bonds. The third-order valence-electron chi connectivity index (χ3n) is 4.46. The summed E-state index contributed by atoms with van der Waals surface area (Å²) in [5, 5.41) is 27.1. The number of nitrogens with zero attached hydrogens (tertiary/aromatic N) is 2. The largest absolute Gasteiger partial charge is 1.00 e. The van der Waals surface area contributed by atoms with Crippen molar-refractivity contribution in [2.45, 2.75) is 25.8 Å². The number of hydrogen-bond acceptors (Lipinski definition) is 4. The van der Waals surface area contributed by atoms with Gasteiger partial charge in [0, 0.05) is 43.9 Å². The molecule has 1 heterocycles. The van der Waals surface area contributed by atoms with Gasteiger partial charge in [-0.15, -0.1) is 0 Å². The van der Waals surface area contributed by atoms with E-state index in [4.69, 9.17) is 15.3 Å². The Morgan fingerprint density at radius 1 is 0.714 bits per heavy atom. The van der Waals surface area contributed by atoms with Gasteiger partial charge < -0.3 is 32.6 Å². The van der Waals surface area contributed by atoms with Crippen molar-refractivity contribution in [1.29, 1.82) is 0 Å². The van der Waals surface area contributed by atoms with Crippen molar-refractivity contribution in [3.63, 3.8) is 0 Å². The van der Waals surface area contributed by atoms with Gasteiger partial charge in [-0.25, -0.2) is 4.57 Å². The Hall–Kier alpha value is -1.92. The lowest BCUT2D eigenvalue weighted by Gasteiger charge is -2.22. The van der Waals surface area contributed by atoms with Crippen LogP contribution < -0.4 is 21.9 Å². The molecule has 154 valence electrons. The summed E-state index contributed by atoms with van der Waals surface area (Å²) >= 11 is 0. The first-order valence-electron chi connectivity index (χ1n) is 9.61. The number of aliphatic hydroxyl groups is 3. The molecule has 28 heavy (non-hydrogen) atoms. The summed E-state index contributed by atoms with van der Waals surface area (Å²) in [5.74, 6) is 0. The van der Waals surface area contributed by atoms with Crippen molar-refractivity contribution in [1.82, 2.24) is 0 Å². The number of anilines is 1. The molecule has 2 rings (SSSR count). The molecular weight excluding hydrogens is 376 g/mol. The summed E-state index contributed by atoms with van der Waals surface area (Å²) in [4.78, 5) is 1.96. The fraction of sp³-hybridized carbons (Fsp3) is 0.409. The zero-order valence-corrected chi connectivity index (χ0v) is 17.0. The van der Waals surface area contributed by atoms with Gasteiger partial charge in [0.05, 0.1) is 13.2 Å². The lowest BCUT2D eigenvalue weighted by molar-refractivity contribution is -0.697. The van der Waals surface area contributed by atoms with Gasteiger partial charge in [-0.2, -0.15) is 0 Å². The second-order valence-electron chi connectivity index (χ2n) is 6.51. The second-order valence-corrected chi connectivity index (χ2v) is 6.51. The SMILES string of the molecule is OCCCCC[n+]1ccc(/C=C/c2ccc(N(CCO)CCO)cc2)cc1.[Cl-]. The molecule has 0 unspecified atom stereocenters. The van der Waals surface area contributed by atoms with E-state index in [0.717, 1.165) is 42.6 Å². The van der Waals surface area contributed by atoms with E-state index in [1.165, 1.54) is 0 Å². The highest BCUT2D eigenvalue weighted by atomic mass is 35.5. The molecule has 0 aliphatic rings. The van der Waals surface area contributed by atoms with Gasteiger partial charge in [-0.1, -0.05) is 24.3 Å². The molecule has 0 saturated carbocycles. The molecule has 0 spiro atoms. The van der Waals surface area contributed by atoms with Crippen LogP contribution in [-0.2, 0) is 6.54 Å². The van der Waals surface area contributed by atoms with Crippen molar-refractivity contribution in [2.75, 3.05) is 37.8 Å². The Balaban J connectivity index is 0.00000392. The molecule has 6 heteroatoms. The van der Waals surface area contributed by atoms with Crippen LogP contribution in [0.3, 0.4) is 0 Å². The van der Waals surface area contributed by atoms with Gasteiger partial charge in [0.2, 0.25) is 0 Å². The van der Waals surface area contributed by atoms with E-state index in [0.29, 0.717) is 13.1 Å². The van der Waals surface area contributed by atoms with E-state index in [2.05, 4.69) is 41.2 Å². The Labute approximate surface area is 174 Å². The van der Waals surface area contributed by atoms with E-state index >= 15 is 0 Å². The maximum atomic E-state index is 9.13. The highest BCUT2D eigenvalue weighted by molar-refractivity contribution is 5.70. The van der Waals surface area contributed by atoms with E-state index < -0.39 is 0 Å². The molecule has 0 aliphatic carbocycles. The summed E-state index contributed by atoms with van der Waals surface area (Å²) in [6.07, 6.45) is 11.3. The number of unbranched alkanes of at least 4 members (excludes halogenated alkanes) is 2. The third kappa shape index (κ3) is 8.40. The predicted octanol–water partition coefficient (Wildman–Crippen LogP) is -0.898. The topological polar surface area (TPSA) is 67.8 Å². The van der Waals surface area contributed by atoms with Gasteiger partial charge in [0.15, 0.2) is 12.4 Å². The van der Waals surface area contributed by atoms with Crippen LogP contribution in [0.4, 0.5) is 5.69 Å². The zero-order chi connectivity index (χ0) is 19.3. The zero-order valence-electron chi connectivity index (χ0n) is 16.3. The molecule has 0 bridgehead atoms. The van der Waals surface area contributed by atoms with Crippen molar-refractivity contribution < 1.29 is 32.3 Å². The molecule has 0 atom stereocenters. The first kappa shape index (κ1) is 24.1. The van der Waals surface area contributed by atoms with E-state index in [-0.39, 0.29) is 32.2 Å². The minimum Gasteiger partial charge on any atom is -1.00 e. The normalized spacial score (nSPS) is 10.8. The van der Waals surface area contributed by atoms with Crippen LogP contribution >= 0.6 is 0 Å². The third-order valence-corrected chi connectivity index (χ3v) is 4.46. The van der Waals surface area contributed by atoms with Gasteiger partial charge in [0.25, 0.3) is 0 Å². The van der Waals surface area contributed by atoms with Gasteiger partial charge in [-0.05, 0) is 36.1 Å². The van der Waals surface area contributed by atoms with Gasteiger partial charge in [0.1, 0.15) is 6.54 Å². The fourth-order valence-electron chi connectivity index (χ4n) is 2.91. The lowest BCUT2D eigenvalue weighted by Crippen LogP contribution is -3.00. The quantitative estimate of drug-likeness (QED) is 0.316. The fourth-order valence-corrected chi connectivity index (χ4v) is 2.91. The molecule has 0 radical (unpaired) electrons. The van der Waals surface area contributed by atoms with Crippen LogP contribution in [-0.4, -0.2) is 48.2 Å². The molecule has 0 fully saturated rings. The van der Waals surface area contributed by atoms with Crippen molar-refractivity contribution in [2.24, 2.45) is 0 Å². The smallest absolute Gasteiger partial charge is 0.169 e. The number of aromatic nitrogens is 1. The average Bonchev–Trinajstić information content (AvgIpc) is 2.71. The van der Waals surface area contributed by atoms with Gasteiger partial charge in [-0.3, -0.25) is 0 Å². The van der Waals surface area contributed by atoms with Crippen LogP contribution in [0.2, 0.25) is 0 Å². The molecule has 0 aliphatic heterocycles. The number of rotatable bonds is 12. The van der Waals surface area contributed by atoms with Crippen molar-refractivity contribution in [3.8, 4) is 0 Å². The number of pyridine rings is 1. The monoisotopic (exact) mass is 406 g/mol. The van der Waals surface area contributed by atoms with E-state index in [1.807, 2.05) is 29.2 Å². The van der Waals surface area contributed by atoms with Crippen LogP contribution in [0, 0.1) is 0 Å². The lowest BCUT2D eigenvalue weighted by atomic mass is 10.1. The second kappa shape index (κ2) is 14.1. The molecule has 1 aromatic carbocycles. The summed E-state index contributed by atoms with van der Waals surface area (Å²) in [6.45, 7) is 2.41. The minimum atomic E-state index is 0. The highest BCUT2D eigenvalue weighted by Crippen LogP contribution is 2.16. The summed E-state index contributed by atoms with van der Waals surface area (Å²) in [6, 6.07) is 12.3. The molecule has 1 aromatic heterocycles. The van der Waals surface area contributed by atoms with Crippen LogP contribution in [0.1, 0.15) is 30.4 Å². The minimum absolute atomic E-state index is 0. The van der Waals surface area contributed by atoms with Crippen LogP contribution in [0.5, 0.6) is 0 Å². The summed E-state index contributed by atoms with van der Waals surface area (Å²) in [5.41, 5.74) is 3.25. The Morgan fingerprint density at radius 2 is 1.29 bits per heavy atom. The number of halogens is 1. The highest BCUT2D eigenvalue weighted by Gasteiger charge is 2.04. The van der Waals surface area contributed by atoms with Gasteiger partial charge >= 0.3 is 0 Å². The number of aliphatic hydroxyl groups excluding tert-OH is 3. The number of hydrogen-bond donors (Lipinski definition) is 3. The molecular formula is C22H31ClN2O3. The van der Waals surface area contributed by atoms with Crippen molar-refractivity contribution >= 4 is 17.8 Å². The molecule has 5 nitrogen and oxygen atoms in total. The first-order chi connectivity index (χ1) is 13.3. The average molecular weight is 407 g/mol. The Kier molecular flexibility index (Phi) is 12.2. The van der Waals surface area contributed by atoms with Crippen LogP contribution in [0.25, 0.3) is 12.2 Å².